The Morgan fingerprint density at radius 1 is 0.767 bits per heavy atom. The number of carbonyl (C=O) groups is 2. The maximum atomic E-state index is 13.4. The van der Waals surface area contributed by atoms with Gasteiger partial charge in [-0.15, -0.1) is 0 Å². The Kier molecular flexibility index (Phi) is 14.9. The number of hydrogen-bond donors (Lipinski definition) is 0. The minimum atomic E-state index is -0.472. The van der Waals surface area contributed by atoms with E-state index in [-0.39, 0.29) is 22.9 Å². The van der Waals surface area contributed by atoms with Gasteiger partial charge in [-0.2, -0.15) is 0 Å². The Balaban J connectivity index is 0.820. The number of ether oxygens (including phenoxy) is 5. The summed E-state index contributed by atoms with van der Waals surface area (Å²) in [6.45, 7) is 18.6. The highest BCUT2D eigenvalue weighted by molar-refractivity contribution is 5.94. The van der Waals surface area contributed by atoms with Crippen molar-refractivity contribution in [1.29, 1.82) is 0 Å². The molecule has 1 heterocycles. The zero-order chi connectivity index (χ0) is 42.3. The lowest BCUT2D eigenvalue weighted by Gasteiger charge is -2.58. The molecule has 0 aromatic heterocycles. The van der Waals surface area contributed by atoms with Gasteiger partial charge in [-0.1, -0.05) is 78.9 Å². The third kappa shape index (κ3) is 10.2. The van der Waals surface area contributed by atoms with Gasteiger partial charge in [0.25, 0.3) is 0 Å². The van der Waals surface area contributed by atoms with Gasteiger partial charge in [-0.05, 0) is 165 Å². The zero-order valence-electron chi connectivity index (χ0n) is 37.9. The molecule has 7 heteroatoms. The van der Waals surface area contributed by atoms with Crippen molar-refractivity contribution in [2.75, 3.05) is 33.0 Å². The van der Waals surface area contributed by atoms with E-state index in [4.69, 9.17) is 23.7 Å². The second kappa shape index (κ2) is 19.9. The van der Waals surface area contributed by atoms with Gasteiger partial charge in [0.1, 0.15) is 17.6 Å². The fourth-order valence-corrected chi connectivity index (χ4v) is 12.4. The maximum Gasteiger partial charge on any atom is 0.343 e. The van der Waals surface area contributed by atoms with E-state index < -0.39 is 5.97 Å². The van der Waals surface area contributed by atoms with Crippen LogP contribution in [-0.4, -0.2) is 51.1 Å². The van der Waals surface area contributed by atoms with Crippen molar-refractivity contribution in [3.8, 4) is 11.5 Å². The van der Waals surface area contributed by atoms with Gasteiger partial charge in [0.05, 0.1) is 37.6 Å². The normalized spacial score (nSPS) is 29.6. The van der Waals surface area contributed by atoms with Gasteiger partial charge < -0.3 is 23.7 Å². The molecule has 8 unspecified atom stereocenters. The molecule has 0 spiro atoms. The first-order valence-corrected chi connectivity index (χ1v) is 24.0. The highest BCUT2D eigenvalue weighted by Gasteiger charge is 2.59. The molecule has 1 aliphatic heterocycles. The van der Waals surface area contributed by atoms with E-state index in [1.807, 2.05) is 12.1 Å². The molecule has 2 aromatic carbocycles. The lowest BCUT2D eigenvalue weighted by atomic mass is 9.47. The first-order valence-electron chi connectivity index (χ1n) is 24.0. The Bertz CT molecular complexity index is 1740. The summed E-state index contributed by atoms with van der Waals surface area (Å²) in [5.74, 6) is 5.27. The van der Waals surface area contributed by atoms with Gasteiger partial charge >= 0.3 is 11.9 Å². The number of unbranched alkanes of at least 4 members (excludes halogenated alkanes) is 3. The Morgan fingerprint density at radius 2 is 1.47 bits per heavy atom. The molecular formula is C53H76O7. The van der Waals surface area contributed by atoms with Crippen LogP contribution in [0.5, 0.6) is 11.5 Å². The molecule has 2 aromatic rings. The lowest BCUT2D eigenvalue weighted by molar-refractivity contribution is -0.150. The summed E-state index contributed by atoms with van der Waals surface area (Å²) in [7, 11) is 0. The molecule has 8 atom stereocenters. The van der Waals surface area contributed by atoms with E-state index in [1.54, 1.807) is 36.4 Å². The molecule has 330 valence electrons. The second-order valence-electron chi connectivity index (χ2n) is 20.7. The number of benzene rings is 2. The summed E-state index contributed by atoms with van der Waals surface area (Å²) < 4.78 is 29.0. The van der Waals surface area contributed by atoms with Gasteiger partial charge in [0, 0.05) is 18.4 Å². The molecule has 0 N–H and O–H groups in total. The van der Waals surface area contributed by atoms with Crippen molar-refractivity contribution < 1.29 is 33.3 Å². The third-order valence-electron chi connectivity index (χ3n) is 16.4. The summed E-state index contributed by atoms with van der Waals surface area (Å²) in [6, 6.07) is 13.8. The topological polar surface area (TPSA) is 80.3 Å². The number of fused-ring (bicyclic) bond motifs is 5. The van der Waals surface area contributed by atoms with Crippen LogP contribution in [0.2, 0.25) is 0 Å². The van der Waals surface area contributed by atoms with Crippen LogP contribution in [0.25, 0.3) is 0 Å². The van der Waals surface area contributed by atoms with Crippen molar-refractivity contribution in [3.63, 3.8) is 0 Å². The van der Waals surface area contributed by atoms with E-state index in [1.165, 1.54) is 56.9 Å². The van der Waals surface area contributed by atoms with Gasteiger partial charge in [-0.25, -0.2) is 9.59 Å². The summed E-state index contributed by atoms with van der Waals surface area (Å²) in [5, 5.41) is 0. The van der Waals surface area contributed by atoms with Crippen LogP contribution < -0.4 is 9.47 Å². The molecule has 1 saturated heterocycles. The summed E-state index contributed by atoms with van der Waals surface area (Å²) in [5.41, 5.74) is 3.32. The molecule has 0 bridgehead atoms. The first-order chi connectivity index (χ1) is 28.9. The standard InChI is InChI=1S/C53H76O7/c1-7-53(35-57-36-53)34-56-31-10-8-9-11-32-58-42-20-22-43(23-21-42)59-49(54)39-15-17-40(18-16-39)50(55)60-44-27-29-51(5)41(33-44)19-24-45-47-26-25-46(38(4)14-12-13-37(2)3)52(47,6)30-28-48(45)51/h15-23,37-38,44-48H,7-14,24-36H2,1-6H3. The van der Waals surface area contributed by atoms with Crippen LogP contribution >= 0.6 is 0 Å². The first kappa shape index (κ1) is 44.9. The van der Waals surface area contributed by atoms with Gasteiger partial charge in [0.2, 0.25) is 0 Å². The quantitative estimate of drug-likeness (QED) is 0.0569. The summed E-state index contributed by atoms with van der Waals surface area (Å²) in [6.07, 6.45) is 21.5. The number of esters is 2. The predicted molar refractivity (Wildman–Crippen MR) is 238 cm³/mol. The minimum absolute atomic E-state index is 0.113. The smallest absolute Gasteiger partial charge is 0.343 e. The zero-order valence-corrected chi connectivity index (χ0v) is 37.9. The highest BCUT2D eigenvalue weighted by atomic mass is 16.5. The van der Waals surface area contributed by atoms with Crippen molar-refractivity contribution in [3.05, 3.63) is 71.3 Å². The van der Waals surface area contributed by atoms with E-state index in [9.17, 15) is 9.59 Å². The molecule has 4 aliphatic carbocycles. The van der Waals surface area contributed by atoms with Gasteiger partial charge in [0.15, 0.2) is 0 Å². The van der Waals surface area contributed by atoms with Crippen molar-refractivity contribution >= 4 is 11.9 Å². The van der Waals surface area contributed by atoms with Crippen LogP contribution in [0.15, 0.2) is 60.2 Å². The van der Waals surface area contributed by atoms with Crippen LogP contribution in [0.1, 0.15) is 165 Å². The summed E-state index contributed by atoms with van der Waals surface area (Å²) >= 11 is 0. The minimum Gasteiger partial charge on any atom is -0.494 e. The average Bonchev–Trinajstić information content (AvgIpc) is 3.59. The molecule has 0 amide bonds. The monoisotopic (exact) mass is 825 g/mol. The molecule has 4 fully saturated rings. The number of carbonyl (C=O) groups excluding carboxylic acids is 2. The fraction of sp³-hybridized carbons (Fsp3) is 0.698. The maximum absolute atomic E-state index is 13.4. The van der Waals surface area contributed by atoms with E-state index in [2.05, 4.69) is 47.6 Å². The molecule has 0 radical (unpaired) electrons. The molecule has 7 nitrogen and oxygen atoms in total. The SMILES string of the molecule is CCC1(COCCCCCCOc2ccc(OC(=O)c3ccc(C(=O)OC4CCC5(C)C(=CCC6C5CCC5(C)C(C(C)CCCC(C)C)CCC65)C4)cc3)cc2)COC1. The van der Waals surface area contributed by atoms with Crippen LogP contribution in [0.3, 0.4) is 0 Å². The number of allylic oxidation sites excluding steroid dienone is 1. The Morgan fingerprint density at radius 3 is 2.15 bits per heavy atom. The van der Waals surface area contributed by atoms with Crippen molar-refractivity contribution in [2.45, 2.75) is 150 Å². The van der Waals surface area contributed by atoms with E-state index >= 15 is 0 Å². The van der Waals surface area contributed by atoms with Gasteiger partial charge in [-0.3, -0.25) is 0 Å². The number of rotatable bonds is 20. The summed E-state index contributed by atoms with van der Waals surface area (Å²) in [4.78, 5) is 26.3. The molecule has 3 saturated carbocycles. The van der Waals surface area contributed by atoms with E-state index in [0.29, 0.717) is 28.9 Å². The second-order valence-corrected chi connectivity index (χ2v) is 20.7. The largest absolute Gasteiger partial charge is 0.494 e. The fourth-order valence-electron chi connectivity index (χ4n) is 12.4. The lowest BCUT2D eigenvalue weighted by Crippen LogP contribution is -2.51. The Labute approximate surface area is 362 Å². The van der Waals surface area contributed by atoms with Crippen LogP contribution in [0.4, 0.5) is 0 Å². The molecule has 7 rings (SSSR count). The van der Waals surface area contributed by atoms with Crippen molar-refractivity contribution in [2.24, 2.45) is 51.8 Å². The van der Waals surface area contributed by atoms with Crippen LogP contribution in [0, 0.1) is 51.8 Å². The predicted octanol–water partition coefficient (Wildman–Crippen LogP) is 12.9. The third-order valence-corrected chi connectivity index (χ3v) is 16.4. The van der Waals surface area contributed by atoms with Crippen molar-refractivity contribution in [1.82, 2.24) is 0 Å². The van der Waals surface area contributed by atoms with Crippen LogP contribution in [-0.2, 0) is 14.2 Å². The average molecular weight is 825 g/mol. The molecule has 60 heavy (non-hydrogen) atoms. The van der Waals surface area contributed by atoms with E-state index in [0.717, 1.165) is 119 Å². The molecular weight excluding hydrogens is 749 g/mol. The number of hydrogen-bond acceptors (Lipinski definition) is 7. The molecule has 5 aliphatic rings. The highest BCUT2D eigenvalue weighted by Crippen LogP contribution is 2.67. The Hall–Kier alpha value is -3.16.